The number of carbonyl (C=O) groups is 2. The van der Waals surface area contributed by atoms with Crippen LogP contribution in [0.4, 0.5) is 4.79 Å². The lowest BCUT2D eigenvalue weighted by atomic mass is 10.1. The average molecular weight is 242 g/mol. The van der Waals surface area contributed by atoms with Crippen LogP contribution in [0.1, 0.15) is 39.0 Å². The second-order valence-corrected chi connectivity index (χ2v) is 4.72. The van der Waals surface area contributed by atoms with E-state index in [1.54, 1.807) is 0 Å². The lowest BCUT2D eigenvalue weighted by Gasteiger charge is -2.26. The second-order valence-electron chi connectivity index (χ2n) is 4.72. The molecule has 0 unspecified atom stereocenters. The van der Waals surface area contributed by atoms with Gasteiger partial charge in [0.15, 0.2) is 6.04 Å². The molecule has 5 nitrogen and oxygen atoms in total. The molecule has 0 aromatic rings. The maximum atomic E-state index is 11.8. The van der Waals surface area contributed by atoms with E-state index in [9.17, 15) is 9.59 Å². The summed E-state index contributed by atoms with van der Waals surface area (Å²) in [5.74, 6) is -0.181. The summed E-state index contributed by atoms with van der Waals surface area (Å²) >= 11 is 0. The summed E-state index contributed by atoms with van der Waals surface area (Å²) in [6, 6.07) is -0.571. The zero-order valence-electron chi connectivity index (χ0n) is 10.8. The van der Waals surface area contributed by atoms with Gasteiger partial charge in [0.2, 0.25) is 0 Å². The number of hydrogen-bond acceptors (Lipinski definition) is 2. The first kappa shape index (κ1) is 14.0. The van der Waals surface area contributed by atoms with Crippen molar-refractivity contribution in [2.75, 3.05) is 20.1 Å². The van der Waals surface area contributed by atoms with E-state index in [4.69, 9.17) is 0 Å². The van der Waals surface area contributed by atoms with Crippen molar-refractivity contribution in [1.82, 2.24) is 10.6 Å². The van der Waals surface area contributed by atoms with Crippen LogP contribution in [-0.4, -0.2) is 38.1 Å². The molecule has 0 aromatic heterocycles. The molecule has 17 heavy (non-hydrogen) atoms. The number of urea groups is 1. The van der Waals surface area contributed by atoms with E-state index >= 15 is 0 Å². The molecule has 1 saturated heterocycles. The Morgan fingerprint density at radius 2 is 1.59 bits per heavy atom. The molecule has 98 valence electrons. The highest BCUT2D eigenvalue weighted by molar-refractivity contribution is 5.96. The Morgan fingerprint density at radius 1 is 1.06 bits per heavy atom. The topological polar surface area (TPSA) is 62.6 Å². The molecule has 0 aromatic carbocycles. The Balaban J connectivity index is 2.45. The Hall–Kier alpha value is -1.10. The van der Waals surface area contributed by atoms with Crippen molar-refractivity contribution in [2.24, 2.45) is 0 Å². The van der Waals surface area contributed by atoms with Gasteiger partial charge in [0.05, 0.1) is 13.1 Å². The SMILES string of the molecule is CNC(=O)NC(=O)[C@H](C)[NH+]1CCCCCCC1. The number of nitrogens with one attached hydrogen (secondary N) is 3. The van der Waals surface area contributed by atoms with Crippen molar-refractivity contribution in [1.29, 1.82) is 0 Å². The van der Waals surface area contributed by atoms with Crippen LogP contribution in [-0.2, 0) is 4.79 Å². The maximum absolute atomic E-state index is 11.8. The predicted molar refractivity (Wildman–Crippen MR) is 65.8 cm³/mol. The normalized spacial score (nSPS) is 19.9. The van der Waals surface area contributed by atoms with E-state index in [0.717, 1.165) is 13.1 Å². The van der Waals surface area contributed by atoms with Crippen molar-refractivity contribution in [3.8, 4) is 0 Å². The fourth-order valence-corrected chi connectivity index (χ4v) is 2.26. The second kappa shape index (κ2) is 7.27. The highest BCUT2D eigenvalue weighted by atomic mass is 16.2. The standard InChI is InChI=1S/C12H23N3O2/c1-10(11(16)14-12(17)13-2)15-8-6-4-3-5-7-9-15/h10H,3-9H2,1-2H3,(H2,13,14,16,17)/p+1/t10-/m0/s1. The summed E-state index contributed by atoms with van der Waals surface area (Å²) in [6.07, 6.45) is 6.17. The van der Waals surface area contributed by atoms with Gasteiger partial charge in [-0.3, -0.25) is 10.1 Å². The molecule has 1 atom stereocenters. The first-order valence-electron chi connectivity index (χ1n) is 6.52. The van der Waals surface area contributed by atoms with E-state index in [-0.39, 0.29) is 11.9 Å². The van der Waals surface area contributed by atoms with Crippen LogP contribution in [0.15, 0.2) is 0 Å². The minimum absolute atomic E-state index is 0.148. The molecule has 1 fully saturated rings. The minimum Gasteiger partial charge on any atom is -0.341 e. The van der Waals surface area contributed by atoms with Crippen molar-refractivity contribution < 1.29 is 14.5 Å². The Bertz CT molecular complexity index is 260. The molecule has 1 heterocycles. The van der Waals surface area contributed by atoms with Gasteiger partial charge in [-0.1, -0.05) is 6.42 Å². The van der Waals surface area contributed by atoms with Gasteiger partial charge < -0.3 is 10.2 Å². The molecule has 0 radical (unpaired) electrons. The van der Waals surface area contributed by atoms with E-state index in [0.29, 0.717) is 0 Å². The molecule has 0 spiro atoms. The summed E-state index contributed by atoms with van der Waals surface area (Å²) in [5, 5.41) is 4.75. The number of imide groups is 1. The van der Waals surface area contributed by atoms with Gasteiger partial charge in [0.1, 0.15) is 0 Å². The van der Waals surface area contributed by atoms with Gasteiger partial charge in [0.25, 0.3) is 5.91 Å². The molecule has 3 N–H and O–H groups in total. The number of likely N-dealkylation sites (tertiary alicyclic amines) is 1. The molecule has 3 amide bonds. The first-order chi connectivity index (χ1) is 8.15. The van der Waals surface area contributed by atoms with E-state index in [2.05, 4.69) is 10.6 Å². The quantitative estimate of drug-likeness (QED) is 0.621. The fourth-order valence-electron chi connectivity index (χ4n) is 2.26. The van der Waals surface area contributed by atoms with Gasteiger partial charge >= 0.3 is 6.03 Å². The van der Waals surface area contributed by atoms with Crippen LogP contribution in [0.3, 0.4) is 0 Å². The van der Waals surface area contributed by atoms with Gasteiger partial charge in [-0.15, -0.1) is 0 Å². The first-order valence-corrected chi connectivity index (χ1v) is 6.52. The van der Waals surface area contributed by atoms with Crippen molar-refractivity contribution in [3.05, 3.63) is 0 Å². The number of quaternary nitrogens is 1. The Labute approximate surface area is 103 Å². The largest absolute Gasteiger partial charge is 0.341 e. The molecule has 5 heteroatoms. The van der Waals surface area contributed by atoms with Crippen molar-refractivity contribution in [2.45, 2.75) is 45.1 Å². The summed E-state index contributed by atoms with van der Waals surface area (Å²) < 4.78 is 0. The zero-order chi connectivity index (χ0) is 12.7. The van der Waals surface area contributed by atoms with E-state index in [1.807, 2.05) is 6.92 Å². The number of amides is 3. The molecular weight excluding hydrogens is 218 g/mol. The molecule has 1 aliphatic heterocycles. The highest BCUT2D eigenvalue weighted by Gasteiger charge is 2.26. The zero-order valence-corrected chi connectivity index (χ0v) is 10.8. The molecule has 0 aliphatic carbocycles. The van der Waals surface area contributed by atoms with E-state index < -0.39 is 6.03 Å². The van der Waals surface area contributed by atoms with Crippen LogP contribution in [0.2, 0.25) is 0 Å². The number of carbonyl (C=O) groups excluding carboxylic acids is 2. The lowest BCUT2D eigenvalue weighted by Crippen LogP contribution is -3.16. The molecular formula is C12H24N3O2+. The molecule has 0 saturated carbocycles. The fraction of sp³-hybridized carbons (Fsp3) is 0.833. The third kappa shape index (κ3) is 4.73. The highest BCUT2D eigenvalue weighted by Crippen LogP contribution is 2.03. The lowest BCUT2D eigenvalue weighted by molar-refractivity contribution is -0.915. The minimum atomic E-state index is -0.423. The Kier molecular flexibility index (Phi) is 5.97. The molecule has 1 rings (SSSR count). The van der Waals surface area contributed by atoms with Gasteiger partial charge in [-0.2, -0.15) is 0 Å². The predicted octanol–water partition coefficient (Wildman–Crippen LogP) is -0.320. The van der Waals surface area contributed by atoms with Crippen LogP contribution >= 0.6 is 0 Å². The van der Waals surface area contributed by atoms with Gasteiger partial charge in [-0.05, 0) is 32.6 Å². The van der Waals surface area contributed by atoms with Crippen LogP contribution < -0.4 is 15.5 Å². The summed E-state index contributed by atoms with van der Waals surface area (Å²) in [7, 11) is 1.51. The third-order valence-electron chi connectivity index (χ3n) is 3.47. The van der Waals surface area contributed by atoms with Crippen LogP contribution in [0, 0.1) is 0 Å². The average Bonchev–Trinajstić information content (AvgIpc) is 2.27. The smallest absolute Gasteiger partial charge is 0.321 e. The number of hydrogen-bond donors (Lipinski definition) is 3. The summed E-state index contributed by atoms with van der Waals surface area (Å²) in [4.78, 5) is 24.2. The molecule has 1 aliphatic rings. The van der Waals surface area contributed by atoms with Gasteiger partial charge in [-0.25, -0.2) is 4.79 Å². The number of rotatable bonds is 2. The summed E-state index contributed by atoms with van der Waals surface area (Å²) in [5.41, 5.74) is 0. The van der Waals surface area contributed by atoms with Crippen LogP contribution in [0.25, 0.3) is 0 Å². The van der Waals surface area contributed by atoms with Crippen molar-refractivity contribution >= 4 is 11.9 Å². The van der Waals surface area contributed by atoms with Gasteiger partial charge in [0, 0.05) is 7.05 Å². The van der Waals surface area contributed by atoms with Crippen molar-refractivity contribution in [3.63, 3.8) is 0 Å². The molecule has 0 bridgehead atoms. The maximum Gasteiger partial charge on any atom is 0.321 e. The van der Waals surface area contributed by atoms with Crippen LogP contribution in [0.5, 0.6) is 0 Å². The monoisotopic (exact) mass is 242 g/mol. The third-order valence-corrected chi connectivity index (χ3v) is 3.47. The Morgan fingerprint density at radius 3 is 2.12 bits per heavy atom. The summed E-state index contributed by atoms with van der Waals surface area (Å²) in [6.45, 7) is 3.96. The van der Waals surface area contributed by atoms with E-state index in [1.165, 1.54) is 44.1 Å².